The van der Waals surface area contributed by atoms with E-state index in [1.807, 2.05) is 0 Å². The number of amides is 1. The van der Waals surface area contributed by atoms with Crippen LogP contribution in [-0.4, -0.2) is 46.2 Å². The molecule has 1 aromatic rings. The zero-order valence-electron chi connectivity index (χ0n) is 9.25. The van der Waals surface area contributed by atoms with Gasteiger partial charge in [-0.05, 0) is 6.92 Å². The molecule has 0 saturated heterocycles. The molecule has 86 valence electrons. The summed E-state index contributed by atoms with van der Waals surface area (Å²) in [5, 5.41) is 0. The summed E-state index contributed by atoms with van der Waals surface area (Å²) < 4.78 is 0. The number of carbonyl (C=O) groups is 2. The fourth-order valence-corrected chi connectivity index (χ4v) is 1.17. The first-order chi connectivity index (χ1) is 7.52. The summed E-state index contributed by atoms with van der Waals surface area (Å²) in [5.41, 5.74) is 5.66. The summed E-state index contributed by atoms with van der Waals surface area (Å²) in [4.78, 5) is 32.0. The van der Waals surface area contributed by atoms with E-state index in [0.29, 0.717) is 0 Å². The summed E-state index contributed by atoms with van der Waals surface area (Å²) in [6.45, 7) is 1.53. The number of Topliss-reactive ketones (excluding diaryl/α,β-unsaturated/α-hetero) is 1. The number of nitrogens with two attached hydrogens (primary N) is 1. The molecule has 6 nitrogen and oxygen atoms in total. The van der Waals surface area contributed by atoms with Crippen LogP contribution in [0.5, 0.6) is 0 Å². The van der Waals surface area contributed by atoms with E-state index in [1.165, 1.54) is 30.5 Å². The highest BCUT2D eigenvalue weighted by molar-refractivity contribution is 5.97. The normalized spacial score (nSPS) is 11.9. The predicted molar refractivity (Wildman–Crippen MR) is 57.6 cm³/mol. The number of carbonyl (C=O) groups excluding carboxylic acids is 2. The quantitative estimate of drug-likeness (QED) is 0.691. The van der Waals surface area contributed by atoms with E-state index < -0.39 is 6.04 Å². The van der Waals surface area contributed by atoms with Gasteiger partial charge in [-0.15, -0.1) is 0 Å². The van der Waals surface area contributed by atoms with E-state index in [0.717, 1.165) is 0 Å². The van der Waals surface area contributed by atoms with Crippen molar-refractivity contribution in [3.8, 4) is 0 Å². The maximum atomic E-state index is 11.6. The highest BCUT2D eigenvalue weighted by Crippen LogP contribution is 1.96. The van der Waals surface area contributed by atoms with Crippen molar-refractivity contribution >= 4 is 11.7 Å². The van der Waals surface area contributed by atoms with Crippen molar-refractivity contribution in [2.45, 2.75) is 13.0 Å². The number of hydrogen-bond acceptors (Lipinski definition) is 5. The first-order valence-electron chi connectivity index (χ1n) is 4.82. The minimum Gasteiger partial charge on any atom is -0.337 e. The lowest BCUT2D eigenvalue weighted by molar-refractivity contribution is -0.130. The fourth-order valence-electron chi connectivity index (χ4n) is 1.17. The van der Waals surface area contributed by atoms with Crippen LogP contribution in [0.4, 0.5) is 0 Å². The number of hydrogen-bond donors (Lipinski definition) is 1. The Hall–Kier alpha value is -1.82. The van der Waals surface area contributed by atoms with E-state index in [-0.39, 0.29) is 23.9 Å². The van der Waals surface area contributed by atoms with Crippen LogP contribution in [0, 0.1) is 0 Å². The third-order valence-corrected chi connectivity index (χ3v) is 2.00. The Kier molecular flexibility index (Phi) is 4.07. The third-order valence-electron chi connectivity index (χ3n) is 2.00. The van der Waals surface area contributed by atoms with Crippen LogP contribution >= 0.6 is 0 Å². The van der Waals surface area contributed by atoms with Crippen molar-refractivity contribution in [2.75, 3.05) is 13.6 Å². The van der Waals surface area contributed by atoms with E-state index >= 15 is 0 Å². The Morgan fingerprint density at radius 2 is 2.19 bits per heavy atom. The first kappa shape index (κ1) is 12.3. The van der Waals surface area contributed by atoms with Crippen LogP contribution in [0.15, 0.2) is 18.6 Å². The van der Waals surface area contributed by atoms with Crippen LogP contribution in [0.2, 0.25) is 0 Å². The summed E-state index contributed by atoms with van der Waals surface area (Å²) in [7, 11) is 1.53. The standard InChI is InChI=1S/C10H14N4O2/c1-7(11)10(16)14(2)6-9(15)8-5-12-3-4-13-8/h3-5,7H,6,11H2,1-2H3/t7-/m0/s1. The van der Waals surface area contributed by atoms with Gasteiger partial charge in [0.1, 0.15) is 5.69 Å². The number of ketones is 1. The second-order valence-corrected chi connectivity index (χ2v) is 3.50. The minimum atomic E-state index is -0.611. The topological polar surface area (TPSA) is 89.2 Å². The van der Waals surface area contributed by atoms with Crippen molar-refractivity contribution in [1.82, 2.24) is 14.9 Å². The number of rotatable bonds is 4. The maximum absolute atomic E-state index is 11.6. The Labute approximate surface area is 93.5 Å². The molecular formula is C10H14N4O2. The van der Waals surface area contributed by atoms with Crippen LogP contribution in [0.1, 0.15) is 17.4 Å². The minimum absolute atomic E-state index is 0.0426. The Bertz CT molecular complexity index is 378. The summed E-state index contributed by atoms with van der Waals surface area (Å²) in [6, 6.07) is -0.611. The van der Waals surface area contributed by atoms with Crippen molar-refractivity contribution in [3.63, 3.8) is 0 Å². The predicted octanol–water partition coefficient (Wildman–Crippen LogP) is -0.535. The second kappa shape index (κ2) is 5.32. The largest absolute Gasteiger partial charge is 0.337 e. The van der Waals surface area contributed by atoms with Crippen LogP contribution in [0.25, 0.3) is 0 Å². The fraction of sp³-hybridized carbons (Fsp3) is 0.400. The lowest BCUT2D eigenvalue weighted by Crippen LogP contribution is -2.42. The molecule has 0 aromatic carbocycles. The van der Waals surface area contributed by atoms with E-state index in [2.05, 4.69) is 9.97 Å². The molecule has 0 saturated carbocycles. The van der Waals surface area contributed by atoms with Gasteiger partial charge in [0.25, 0.3) is 0 Å². The molecule has 1 heterocycles. The Morgan fingerprint density at radius 3 is 2.69 bits per heavy atom. The van der Waals surface area contributed by atoms with Gasteiger partial charge in [-0.1, -0.05) is 0 Å². The lowest BCUT2D eigenvalue weighted by atomic mass is 10.2. The van der Waals surface area contributed by atoms with Gasteiger partial charge in [0, 0.05) is 19.4 Å². The average Bonchev–Trinajstić information content (AvgIpc) is 2.28. The Morgan fingerprint density at radius 1 is 1.50 bits per heavy atom. The molecule has 0 spiro atoms. The Balaban J connectivity index is 2.62. The number of nitrogens with zero attached hydrogens (tertiary/aromatic N) is 3. The van der Waals surface area contributed by atoms with Crippen molar-refractivity contribution < 1.29 is 9.59 Å². The molecule has 0 radical (unpaired) electrons. The molecule has 0 aliphatic rings. The molecule has 1 aromatic heterocycles. The summed E-state index contributed by atoms with van der Waals surface area (Å²) in [5.74, 6) is -0.540. The van der Waals surface area contributed by atoms with Gasteiger partial charge in [-0.3, -0.25) is 14.6 Å². The van der Waals surface area contributed by atoms with E-state index in [1.54, 1.807) is 6.92 Å². The zero-order chi connectivity index (χ0) is 12.1. The van der Waals surface area contributed by atoms with Crippen molar-refractivity contribution in [3.05, 3.63) is 24.3 Å². The molecule has 2 N–H and O–H groups in total. The second-order valence-electron chi connectivity index (χ2n) is 3.50. The lowest BCUT2D eigenvalue weighted by Gasteiger charge is -2.17. The van der Waals surface area contributed by atoms with Gasteiger partial charge in [0.05, 0.1) is 18.8 Å². The smallest absolute Gasteiger partial charge is 0.239 e. The third kappa shape index (κ3) is 3.09. The van der Waals surface area contributed by atoms with Gasteiger partial charge < -0.3 is 10.6 Å². The molecule has 0 unspecified atom stereocenters. The van der Waals surface area contributed by atoms with Crippen molar-refractivity contribution in [1.29, 1.82) is 0 Å². The number of aromatic nitrogens is 2. The molecule has 1 amide bonds. The summed E-state index contributed by atoms with van der Waals surface area (Å²) >= 11 is 0. The van der Waals surface area contributed by atoms with E-state index in [9.17, 15) is 9.59 Å². The molecule has 0 bridgehead atoms. The van der Waals surface area contributed by atoms with Gasteiger partial charge in [0.2, 0.25) is 11.7 Å². The molecule has 1 rings (SSSR count). The molecule has 0 aliphatic heterocycles. The van der Waals surface area contributed by atoms with E-state index in [4.69, 9.17) is 5.73 Å². The van der Waals surface area contributed by atoms with Gasteiger partial charge in [-0.25, -0.2) is 4.98 Å². The number of likely N-dealkylation sites (N-methyl/N-ethyl adjacent to an activating group) is 1. The SMILES string of the molecule is C[C@H](N)C(=O)N(C)CC(=O)c1cnccn1. The maximum Gasteiger partial charge on any atom is 0.239 e. The molecular weight excluding hydrogens is 208 g/mol. The molecule has 0 fully saturated rings. The zero-order valence-corrected chi connectivity index (χ0v) is 9.25. The molecule has 6 heteroatoms. The van der Waals surface area contributed by atoms with Crippen molar-refractivity contribution in [2.24, 2.45) is 5.73 Å². The monoisotopic (exact) mass is 222 g/mol. The van der Waals surface area contributed by atoms with Crippen LogP contribution in [-0.2, 0) is 4.79 Å². The van der Waals surface area contributed by atoms with Gasteiger partial charge in [-0.2, -0.15) is 0 Å². The molecule has 16 heavy (non-hydrogen) atoms. The molecule has 1 atom stereocenters. The highest BCUT2D eigenvalue weighted by Gasteiger charge is 2.17. The first-order valence-corrected chi connectivity index (χ1v) is 4.82. The molecule has 0 aliphatic carbocycles. The average molecular weight is 222 g/mol. The highest BCUT2D eigenvalue weighted by atomic mass is 16.2. The summed E-state index contributed by atoms with van der Waals surface area (Å²) in [6.07, 6.45) is 4.28. The van der Waals surface area contributed by atoms with Gasteiger partial charge in [0.15, 0.2) is 0 Å². The van der Waals surface area contributed by atoms with Crippen LogP contribution in [0.3, 0.4) is 0 Å². The van der Waals surface area contributed by atoms with Gasteiger partial charge >= 0.3 is 0 Å². The van der Waals surface area contributed by atoms with Crippen LogP contribution < -0.4 is 5.73 Å².